The summed E-state index contributed by atoms with van der Waals surface area (Å²) in [5.74, 6) is -44.2. The van der Waals surface area contributed by atoms with Gasteiger partial charge in [-0.1, -0.05) is 11.6 Å². The van der Waals surface area contributed by atoms with E-state index in [4.69, 9.17) is 0 Å². The Labute approximate surface area is 178 Å². The Morgan fingerprint density at radius 3 is 1.32 bits per heavy atom. The van der Waals surface area contributed by atoms with Gasteiger partial charge in [0.1, 0.15) is 0 Å². The minimum atomic E-state index is -8.47. The number of alkyl halides is 18. The lowest BCUT2D eigenvalue weighted by atomic mass is 9.84. The lowest BCUT2D eigenvalue weighted by molar-refractivity contribution is -0.393. The fourth-order valence-electron chi connectivity index (χ4n) is 2.07. The quantitative estimate of drug-likeness (QED) is 0.182. The number of rotatable bonds is 10. The predicted octanol–water partition coefficient (Wildman–Crippen LogP) is 8.11. The lowest BCUT2D eigenvalue weighted by Crippen LogP contribution is -2.74. The van der Waals surface area contributed by atoms with Crippen LogP contribution in [0.4, 0.5) is 87.8 Å². The van der Waals surface area contributed by atoms with Crippen LogP contribution in [0.1, 0.15) is 6.42 Å². The van der Waals surface area contributed by atoms with Crippen LogP contribution in [0.15, 0.2) is 11.9 Å². The van der Waals surface area contributed by atoms with Crippen LogP contribution in [-0.4, -0.2) is 59.4 Å². The van der Waals surface area contributed by atoms with E-state index in [-0.39, 0.29) is 0 Å². The van der Waals surface area contributed by atoms with Gasteiger partial charge < -0.3 is 0 Å². The van der Waals surface area contributed by atoms with Crippen molar-refractivity contribution >= 4 is 11.6 Å². The third kappa shape index (κ3) is 4.35. The van der Waals surface area contributed by atoms with Gasteiger partial charge in [0, 0.05) is 6.42 Å². The zero-order valence-electron chi connectivity index (χ0n) is 14.9. The second-order valence-corrected chi connectivity index (χ2v) is 6.73. The molecule has 0 aromatic heterocycles. The molecule has 3 unspecified atom stereocenters. The summed E-state index contributed by atoms with van der Waals surface area (Å²) in [7, 11) is 0. The molecule has 0 spiro atoms. The van der Waals surface area contributed by atoms with E-state index in [1.807, 2.05) is 0 Å². The van der Waals surface area contributed by atoms with E-state index in [2.05, 4.69) is 11.6 Å². The van der Waals surface area contributed by atoms with Crippen molar-refractivity contribution in [1.82, 2.24) is 0 Å². The Kier molecular flexibility index (Phi) is 8.57. The molecule has 0 rings (SSSR count). The summed E-state index contributed by atoms with van der Waals surface area (Å²) < 4.78 is 263. The molecule has 0 aliphatic rings. The van der Waals surface area contributed by atoms with Crippen LogP contribution in [0, 0.1) is 0 Å². The summed E-state index contributed by atoms with van der Waals surface area (Å²) in [6.45, 7) is -2.51. The highest BCUT2D eigenvalue weighted by Gasteiger charge is 2.93. The van der Waals surface area contributed by atoms with E-state index in [0.29, 0.717) is 0 Å². The Balaban J connectivity index is 7.12. The monoisotopic (exact) mass is 576 g/mol. The molecule has 0 heterocycles. The standard InChI is InChI=1S/C13H5ClF20/c14-9(25,10(26,27)7(22,13(32,33)34)3(16)4(17)18)12(30,31)11(28,29)8(23,24)5(19)6(20,21)1-2-15/h5H,1-2H2. The van der Waals surface area contributed by atoms with E-state index in [1.54, 1.807) is 0 Å². The largest absolute Gasteiger partial charge is 0.435 e. The van der Waals surface area contributed by atoms with Crippen molar-refractivity contribution in [2.75, 3.05) is 6.67 Å². The minimum absolute atomic E-state index is 2.51. The average molecular weight is 577 g/mol. The summed E-state index contributed by atoms with van der Waals surface area (Å²) in [5, 5.41) is -8.01. The molecule has 34 heavy (non-hydrogen) atoms. The Bertz CT molecular complexity index is 761. The maximum atomic E-state index is 13.9. The summed E-state index contributed by atoms with van der Waals surface area (Å²) in [5.41, 5.74) is -8.06. The van der Waals surface area contributed by atoms with Crippen molar-refractivity contribution in [3.8, 4) is 0 Å². The van der Waals surface area contributed by atoms with Crippen LogP contribution in [0.3, 0.4) is 0 Å². The molecule has 0 aliphatic heterocycles. The maximum absolute atomic E-state index is 13.9. The van der Waals surface area contributed by atoms with Gasteiger partial charge in [-0.3, -0.25) is 4.39 Å². The topological polar surface area (TPSA) is 0 Å². The summed E-state index contributed by atoms with van der Waals surface area (Å²) in [4.78, 5) is 0. The first-order valence-corrected chi connectivity index (χ1v) is 7.89. The van der Waals surface area contributed by atoms with Gasteiger partial charge in [-0.15, -0.1) is 0 Å². The van der Waals surface area contributed by atoms with Crippen LogP contribution in [-0.2, 0) is 0 Å². The Morgan fingerprint density at radius 1 is 0.647 bits per heavy atom. The predicted molar refractivity (Wildman–Crippen MR) is 70.2 cm³/mol. The van der Waals surface area contributed by atoms with E-state index < -0.39 is 77.8 Å². The van der Waals surface area contributed by atoms with Crippen LogP contribution >= 0.6 is 11.6 Å². The molecule has 204 valence electrons. The fourth-order valence-corrected chi connectivity index (χ4v) is 2.32. The van der Waals surface area contributed by atoms with Crippen molar-refractivity contribution in [2.24, 2.45) is 0 Å². The van der Waals surface area contributed by atoms with Crippen LogP contribution in [0.25, 0.3) is 0 Å². The Morgan fingerprint density at radius 2 is 1.03 bits per heavy atom. The molecule has 0 radical (unpaired) electrons. The van der Waals surface area contributed by atoms with Crippen LogP contribution in [0.2, 0.25) is 0 Å². The first kappa shape index (κ1) is 32.6. The smallest absolute Gasteiger partial charge is 0.251 e. The molecule has 0 aliphatic carbocycles. The highest BCUT2D eigenvalue weighted by molar-refractivity contribution is 6.24. The van der Waals surface area contributed by atoms with Crippen LogP contribution in [0.5, 0.6) is 0 Å². The molecule has 3 atom stereocenters. The van der Waals surface area contributed by atoms with Crippen LogP contribution < -0.4 is 0 Å². The second kappa shape index (κ2) is 8.94. The third-order valence-corrected chi connectivity index (χ3v) is 4.48. The van der Waals surface area contributed by atoms with E-state index >= 15 is 0 Å². The first-order chi connectivity index (χ1) is 14.6. The molecule has 0 amide bonds. The number of hydrogen-bond donors (Lipinski definition) is 0. The second-order valence-electron chi connectivity index (χ2n) is 6.21. The van der Waals surface area contributed by atoms with Crippen molar-refractivity contribution in [3.63, 3.8) is 0 Å². The van der Waals surface area contributed by atoms with E-state index in [1.165, 1.54) is 0 Å². The van der Waals surface area contributed by atoms with Crippen molar-refractivity contribution in [2.45, 2.75) is 59.2 Å². The molecule has 21 heteroatoms. The minimum Gasteiger partial charge on any atom is -0.251 e. The van der Waals surface area contributed by atoms with Gasteiger partial charge in [0.05, 0.1) is 6.67 Å². The molecule has 0 bridgehead atoms. The van der Waals surface area contributed by atoms with Gasteiger partial charge in [0.2, 0.25) is 12.0 Å². The molecule has 0 fully saturated rings. The number of halogens is 21. The summed E-state index contributed by atoms with van der Waals surface area (Å²) in [6, 6.07) is 0. The molecule has 0 N–H and O–H groups in total. The third-order valence-electron chi connectivity index (χ3n) is 4.01. The summed E-state index contributed by atoms with van der Waals surface area (Å²) in [6.07, 6.45) is -21.5. The SMILES string of the molecule is FCCC(F)(F)C(F)C(F)(F)C(F)(F)C(F)(F)C(F)(Cl)C(F)(F)C(F)(C(F)=C(F)F)C(F)(F)F. The number of allylic oxidation sites excluding steroid dienone is 1. The molecular weight excluding hydrogens is 572 g/mol. The van der Waals surface area contributed by atoms with Gasteiger partial charge >= 0.3 is 46.7 Å². The molecular formula is C13H5ClF20. The van der Waals surface area contributed by atoms with Crippen molar-refractivity contribution in [1.29, 1.82) is 0 Å². The zero-order valence-corrected chi connectivity index (χ0v) is 15.7. The zero-order chi connectivity index (χ0) is 28.1. The van der Waals surface area contributed by atoms with Crippen molar-refractivity contribution in [3.05, 3.63) is 11.9 Å². The fraction of sp³-hybridized carbons (Fsp3) is 0.846. The van der Waals surface area contributed by atoms with Crippen molar-refractivity contribution < 1.29 is 87.8 Å². The highest BCUT2D eigenvalue weighted by atomic mass is 35.5. The molecule has 0 saturated carbocycles. The molecule has 0 saturated heterocycles. The van der Waals surface area contributed by atoms with Gasteiger partial charge in [0.15, 0.2) is 0 Å². The lowest BCUT2D eigenvalue weighted by Gasteiger charge is -2.45. The normalized spacial score (nSPS) is 19.3. The maximum Gasteiger partial charge on any atom is 0.435 e. The van der Waals surface area contributed by atoms with E-state index in [9.17, 15) is 87.8 Å². The Hall–Kier alpha value is -1.37. The first-order valence-electron chi connectivity index (χ1n) is 7.51. The molecule has 0 aromatic rings. The van der Waals surface area contributed by atoms with Gasteiger partial charge in [-0.05, 0) is 0 Å². The summed E-state index contributed by atoms with van der Waals surface area (Å²) >= 11 is 3.51. The number of hydrogen-bond acceptors (Lipinski definition) is 0. The van der Waals surface area contributed by atoms with Gasteiger partial charge in [0.25, 0.3) is 5.92 Å². The van der Waals surface area contributed by atoms with Gasteiger partial charge in [-0.2, -0.15) is 57.1 Å². The van der Waals surface area contributed by atoms with Gasteiger partial charge in [-0.25, -0.2) is 26.3 Å². The molecule has 0 nitrogen and oxygen atoms in total. The average Bonchev–Trinajstić information content (AvgIpc) is 2.63. The highest BCUT2D eigenvalue weighted by Crippen LogP contribution is 2.65. The molecule has 0 aromatic carbocycles. The van der Waals surface area contributed by atoms with E-state index in [0.717, 1.165) is 0 Å².